The minimum Gasteiger partial charge on any atom is -0.476 e. The first-order valence-electron chi connectivity index (χ1n) is 6.22. The summed E-state index contributed by atoms with van der Waals surface area (Å²) >= 11 is 0. The van der Waals surface area contributed by atoms with Crippen molar-refractivity contribution >= 4 is 11.6 Å². The van der Waals surface area contributed by atoms with Crippen LogP contribution in [0.3, 0.4) is 0 Å². The van der Waals surface area contributed by atoms with Crippen molar-refractivity contribution in [3.05, 3.63) is 18.3 Å². The summed E-state index contributed by atoms with van der Waals surface area (Å²) in [5.41, 5.74) is 0.575. The van der Waals surface area contributed by atoms with Gasteiger partial charge in [0.2, 0.25) is 11.8 Å². The number of anilines is 1. The van der Waals surface area contributed by atoms with Crippen molar-refractivity contribution in [3.63, 3.8) is 0 Å². The molecule has 0 aliphatic rings. The highest BCUT2D eigenvalue weighted by Gasteiger charge is 2.08. The van der Waals surface area contributed by atoms with E-state index in [0.717, 1.165) is 0 Å². The summed E-state index contributed by atoms with van der Waals surface area (Å²) in [6, 6.07) is 3.49. The van der Waals surface area contributed by atoms with Gasteiger partial charge in [-0.3, -0.25) is 4.79 Å². The van der Waals surface area contributed by atoms with Gasteiger partial charge in [-0.05, 0) is 19.1 Å². The third-order valence-corrected chi connectivity index (χ3v) is 2.23. The fraction of sp³-hybridized carbons (Fsp3) is 0.538. The summed E-state index contributed by atoms with van der Waals surface area (Å²) in [6.45, 7) is 3.74. The maximum atomic E-state index is 11.7. The average molecular weight is 268 g/mol. The third-order valence-electron chi connectivity index (χ3n) is 2.23. The Balaban J connectivity index is 2.35. The van der Waals surface area contributed by atoms with Gasteiger partial charge in [-0.15, -0.1) is 0 Å². The van der Waals surface area contributed by atoms with Crippen LogP contribution in [0.1, 0.15) is 13.3 Å². The van der Waals surface area contributed by atoms with E-state index in [4.69, 9.17) is 14.2 Å². The van der Waals surface area contributed by atoms with E-state index in [1.165, 1.54) is 0 Å². The number of hydrogen-bond donors (Lipinski definition) is 1. The van der Waals surface area contributed by atoms with Gasteiger partial charge in [-0.25, -0.2) is 4.98 Å². The van der Waals surface area contributed by atoms with E-state index in [0.29, 0.717) is 38.0 Å². The summed E-state index contributed by atoms with van der Waals surface area (Å²) in [4.78, 5) is 15.8. The summed E-state index contributed by atoms with van der Waals surface area (Å²) in [5, 5.41) is 2.75. The smallest absolute Gasteiger partial charge is 0.237 e. The topological polar surface area (TPSA) is 69.7 Å². The number of rotatable bonds is 9. The van der Waals surface area contributed by atoms with Crippen LogP contribution in [0.15, 0.2) is 18.3 Å². The minimum atomic E-state index is -0.133. The van der Waals surface area contributed by atoms with E-state index in [1.807, 2.05) is 6.92 Å². The lowest BCUT2D eigenvalue weighted by Gasteiger charge is -2.10. The molecule has 0 spiro atoms. The van der Waals surface area contributed by atoms with Crippen molar-refractivity contribution in [1.29, 1.82) is 0 Å². The van der Waals surface area contributed by atoms with Crippen LogP contribution in [0.2, 0.25) is 0 Å². The molecular formula is C13H20N2O4. The molecule has 0 unspecified atom stereocenters. The maximum Gasteiger partial charge on any atom is 0.237 e. The van der Waals surface area contributed by atoms with Crippen LogP contribution < -0.4 is 10.1 Å². The standard InChI is InChI=1S/C13H20N2O4/c1-3-19-13-11(5-4-7-14-13)15-12(16)6-8-18-10-9-17-2/h4-5,7H,3,6,8-10H2,1-2H3,(H,15,16). The van der Waals surface area contributed by atoms with Gasteiger partial charge in [-0.1, -0.05) is 0 Å². The van der Waals surface area contributed by atoms with Crippen molar-refractivity contribution in [3.8, 4) is 5.88 Å². The van der Waals surface area contributed by atoms with Crippen LogP contribution in [0.4, 0.5) is 5.69 Å². The summed E-state index contributed by atoms with van der Waals surface area (Å²) < 4.78 is 15.4. The predicted molar refractivity (Wildman–Crippen MR) is 71.3 cm³/mol. The van der Waals surface area contributed by atoms with Crippen molar-refractivity contribution in [2.24, 2.45) is 0 Å². The molecule has 0 aliphatic carbocycles. The second-order valence-electron chi connectivity index (χ2n) is 3.69. The molecule has 106 valence electrons. The molecule has 0 bridgehead atoms. The van der Waals surface area contributed by atoms with Gasteiger partial charge in [0.25, 0.3) is 0 Å². The molecular weight excluding hydrogens is 248 g/mol. The predicted octanol–water partition coefficient (Wildman–Crippen LogP) is 1.47. The first-order chi connectivity index (χ1) is 9.27. The molecule has 1 heterocycles. The van der Waals surface area contributed by atoms with Gasteiger partial charge < -0.3 is 19.5 Å². The number of hydrogen-bond acceptors (Lipinski definition) is 5. The number of ether oxygens (including phenoxy) is 3. The maximum absolute atomic E-state index is 11.7. The van der Waals surface area contributed by atoms with Crippen LogP contribution >= 0.6 is 0 Å². The second-order valence-corrected chi connectivity index (χ2v) is 3.69. The average Bonchev–Trinajstić information content (AvgIpc) is 2.41. The molecule has 1 aromatic rings. The first-order valence-corrected chi connectivity index (χ1v) is 6.22. The van der Waals surface area contributed by atoms with E-state index in [1.54, 1.807) is 25.4 Å². The Hall–Kier alpha value is -1.66. The van der Waals surface area contributed by atoms with Crippen molar-refractivity contribution < 1.29 is 19.0 Å². The number of carbonyl (C=O) groups is 1. The minimum absolute atomic E-state index is 0.133. The quantitative estimate of drug-likeness (QED) is 0.687. The molecule has 6 heteroatoms. The number of methoxy groups -OCH3 is 1. The number of amides is 1. The Morgan fingerprint density at radius 1 is 1.37 bits per heavy atom. The zero-order valence-electron chi connectivity index (χ0n) is 11.3. The molecule has 0 fully saturated rings. The van der Waals surface area contributed by atoms with Gasteiger partial charge in [0.05, 0.1) is 32.8 Å². The summed E-state index contributed by atoms with van der Waals surface area (Å²) in [5.74, 6) is 0.296. The molecule has 6 nitrogen and oxygen atoms in total. The first kappa shape index (κ1) is 15.4. The number of nitrogens with one attached hydrogen (secondary N) is 1. The van der Waals surface area contributed by atoms with Crippen LogP contribution in [0.25, 0.3) is 0 Å². The molecule has 1 aromatic heterocycles. The van der Waals surface area contributed by atoms with Crippen LogP contribution in [0.5, 0.6) is 5.88 Å². The van der Waals surface area contributed by atoms with Gasteiger partial charge in [0.15, 0.2) is 0 Å². The molecule has 0 aliphatic heterocycles. The molecule has 0 saturated carbocycles. The Kier molecular flexibility index (Phi) is 7.53. The lowest BCUT2D eigenvalue weighted by atomic mass is 10.3. The highest BCUT2D eigenvalue weighted by Crippen LogP contribution is 2.20. The number of carbonyl (C=O) groups excluding carboxylic acids is 1. The molecule has 0 atom stereocenters. The van der Waals surface area contributed by atoms with Crippen molar-refractivity contribution in [1.82, 2.24) is 4.98 Å². The molecule has 0 aromatic carbocycles. The van der Waals surface area contributed by atoms with E-state index in [9.17, 15) is 4.79 Å². The Morgan fingerprint density at radius 3 is 2.95 bits per heavy atom. The fourth-order valence-corrected chi connectivity index (χ4v) is 1.36. The monoisotopic (exact) mass is 268 g/mol. The van der Waals surface area contributed by atoms with Gasteiger partial charge in [0, 0.05) is 13.3 Å². The van der Waals surface area contributed by atoms with E-state index < -0.39 is 0 Å². The zero-order valence-corrected chi connectivity index (χ0v) is 11.3. The molecule has 0 radical (unpaired) electrons. The summed E-state index contributed by atoms with van der Waals surface area (Å²) in [7, 11) is 1.60. The van der Waals surface area contributed by atoms with Crippen LogP contribution in [0, 0.1) is 0 Å². The van der Waals surface area contributed by atoms with E-state index in [2.05, 4.69) is 10.3 Å². The van der Waals surface area contributed by atoms with Crippen LogP contribution in [-0.2, 0) is 14.3 Å². The lowest BCUT2D eigenvalue weighted by molar-refractivity contribution is -0.117. The van der Waals surface area contributed by atoms with E-state index >= 15 is 0 Å². The Morgan fingerprint density at radius 2 is 2.21 bits per heavy atom. The third kappa shape index (κ3) is 6.17. The molecule has 19 heavy (non-hydrogen) atoms. The lowest BCUT2D eigenvalue weighted by Crippen LogP contribution is -2.16. The van der Waals surface area contributed by atoms with E-state index in [-0.39, 0.29) is 12.3 Å². The van der Waals surface area contributed by atoms with Crippen molar-refractivity contribution in [2.75, 3.05) is 38.9 Å². The zero-order chi connectivity index (χ0) is 13.9. The molecule has 1 rings (SSSR count). The highest BCUT2D eigenvalue weighted by molar-refractivity contribution is 5.91. The Labute approximate surface area is 113 Å². The summed E-state index contributed by atoms with van der Waals surface area (Å²) in [6.07, 6.45) is 1.90. The van der Waals surface area contributed by atoms with Gasteiger partial charge in [0.1, 0.15) is 5.69 Å². The highest BCUT2D eigenvalue weighted by atomic mass is 16.5. The SMILES string of the molecule is CCOc1ncccc1NC(=O)CCOCCOC. The fourth-order valence-electron chi connectivity index (χ4n) is 1.36. The largest absolute Gasteiger partial charge is 0.476 e. The van der Waals surface area contributed by atoms with Crippen molar-refractivity contribution in [2.45, 2.75) is 13.3 Å². The van der Waals surface area contributed by atoms with Crippen LogP contribution in [-0.4, -0.2) is 44.4 Å². The number of aromatic nitrogens is 1. The second kappa shape index (κ2) is 9.29. The van der Waals surface area contributed by atoms with Gasteiger partial charge in [-0.2, -0.15) is 0 Å². The molecule has 0 saturated heterocycles. The molecule has 1 N–H and O–H groups in total. The normalized spacial score (nSPS) is 10.2. The Bertz CT molecular complexity index is 385. The van der Waals surface area contributed by atoms with Gasteiger partial charge >= 0.3 is 0 Å². The molecule has 1 amide bonds. The number of pyridine rings is 1. The number of nitrogens with zero attached hydrogens (tertiary/aromatic N) is 1.